The Hall–Kier alpha value is -0.800. The van der Waals surface area contributed by atoms with E-state index in [1.54, 1.807) is 6.07 Å². The molecule has 1 aromatic rings. The summed E-state index contributed by atoms with van der Waals surface area (Å²) in [6.07, 6.45) is 0. The topological polar surface area (TPSA) is 21.3 Å². The van der Waals surface area contributed by atoms with Gasteiger partial charge in [-0.15, -0.1) is 0 Å². The van der Waals surface area contributed by atoms with Crippen LogP contribution in [0.4, 0.5) is 4.39 Å². The van der Waals surface area contributed by atoms with E-state index in [1.807, 2.05) is 7.05 Å². The van der Waals surface area contributed by atoms with Crippen molar-refractivity contribution in [2.75, 3.05) is 20.2 Å². The van der Waals surface area contributed by atoms with Crippen molar-refractivity contribution in [3.05, 3.63) is 29.0 Å². The van der Waals surface area contributed by atoms with Gasteiger partial charge in [0.2, 0.25) is 0 Å². The number of ether oxygens (including phenoxy) is 1. The zero-order valence-electron chi connectivity index (χ0n) is 7.31. The SMILES string of the molecule is CNCCOc1ccc(Cl)cc1F. The fraction of sp³-hybridized carbons (Fsp3) is 0.333. The summed E-state index contributed by atoms with van der Waals surface area (Å²) in [4.78, 5) is 0. The molecule has 0 spiro atoms. The molecular formula is C9H11ClFNO. The van der Waals surface area contributed by atoms with Crippen LogP contribution in [0.5, 0.6) is 5.75 Å². The van der Waals surface area contributed by atoms with Crippen LogP contribution in [0.25, 0.3) is 0 Å². The quantitative estimate of drug-likeness (QED) is 0.757. The molecule has 72 valence electrons. The minimum absolute atomic E-state index is 0.236. The van der Waals surface area contributed by atoms with Gasteiger partial charge in [0, 0.05) is 11.6 Å². The summed E-state index contributed by atoms with van der Waals surface area (Å²) in [7, 11) is 1.81. The molecule has 1 rings (SSSR count). The molecule has 4 heteroatoms. The van der Waals surface area contributed by atoms with Crippen LogP contribution in [0.3, 0.4) is 0 Å². The first-order valence-electron chi connectivity index (χ1n) is 3.96. The van der Waals surface area contributed by atoms with Crippen molar-refractivity contribution < 1.29 is 9.13 Å². The van der Waals surface area contributed by atoms with Gasteiger partial charge in [-0.3, -0.25) is 0 Å². The maximum Gasteiger partial charge on any atom is 0.166 e. The first-order valence-corrected chi connectivity index (χ1v) is 4.34. The lowest BCUT2D eigenvalue weighted by Crippen LogP contribution is -2.16. The number of benzene rings is 1. The molecule has 0 saturated heterocycles. The van der Waals surface area contributed by atoms with Crippen molar-refractivity contribution >= 4 is 11.6 Å². The van der Waals surface area contributed by atoms with Gasteiger partial charge in [-0.2, -0.15) is 0 Å². The summed E-state index contributed by atoms with van der Waals surface area (Å²) >= 11 is 5.57. The van der Waals surface area contributed by atoms with E-state index in [2.05, 4.69) is 5.32 Å². The van der Waals surface area contributed by atoms with Crippen LogP contribution in [0.1, 0.15) is 0 Å². The Morgan fingerprint density at radius 2 is 2.31 bits per heavy atom. The zero-order chi connectivity index (χ0) is 9.68. The maximum atomic E-state index is 13.0. The average molecular weight is 204 g/mol. The van der Waals surface area contributed by atoms with Crippen LogP contribution in [-0.2, 0) is 0 Å². The second kappa shape index (κ2) is 5.04. The lowest BCUT2D eigenvalue weighted by Gasteiger charge is -2.06. The van der Waals surface area contributed by atoms with Gasteiger partial charge in [0.05, 0.1) is 0 Å². The number of hydrogen-bond donors (Lipinski definition) is 1. The summed E-state index contributed by atoms with van der Waals surface area (Å²) in [5.41, 5.74) is 0. The number of hydrogen-bond acceptors (Lipinski definition) is 2. The molecule has 0 aliphatic rings. The van der Waals surface area contributed by atoms with E-state index in [0.29, 0.717) is 18.2 Å². The van der Waals surface area contributed by atoms with Gasteiger partial charge < -0.3 is 10.1 Å². The molecule has 0 aliphatic carbocycles. The molecule has 0 aliphatic heterocycles. The second-order valence-corrected chi connectivity index (χ2v) is 2.96. The second-order valence-electron chi connectivity index (χ2n) is 2.53. The highest BCUT2D eigenvalue weighted by Crippen LogP contribution is 2.20. The predicted octanol–water partition coefficient (Wildman–Crippen LogP) is 2.08. The summed E-state index contributed by atoms with van der Waals surface area (Å²) < 4.78 is 18.2. The molecule has 0 heterocycles. The van der Waals surface area contributed by atoms with Crippen LogP contribution in [0, 0.1) is 5.82 Å². The van der Waals surface area contributed by atoms with Crippen LogP contribution in [-0.4, -0.2) is 20.2 Å². The monoisotopic (exact) mass is 203 g/mol. The van der Waals surface area contributed by atoms with Gasteiger partial charge in [-0.25, -0.2) is 4.39 Å². The Morgan fingerprint density at radius 1 is 1.54 bits per heavy atom. The van der Waals surface area contributed by atoms with Gasteiger partial charge in [-0.1, -0.05) is 11.6 Å². The fourth-order valence-corrected chi connectivity index (χ4v) is 1.01. The lowest BCUT2D eigenvalue weighted by atomic mass is 10.3. The van der Waals surface area contributed by atoms with E-state index in [0.717, 1.165) is 0 Å². The first kappa shape index (κ1) is 10.3. The molecule has 1 aromatic carbocycles. The molecule has 13 heavy (non-hydrogen) atoms. The minimum atomic E-state index is -0.427. The Labute approximate surface area is 81.7 Å². The summed E-state index contributed by atoms with van der Waals surface area (Å²) in [6, 6.07) is 4.35. The first-order chi connectivity index (χ1) is 6.24. The summed E-state index contributed by atoms with van der Waals surface area (Å²) in [5, 5.41) is 3.27. The van der Waals surface area contributed by atoms with Crippen molar-refractivity contribution in [3.63, 3.8) is 0 Å². The molecule has 1 N–H and O–H groups in total. The van der Waals surface area contributed by atoms with Crippen LogP contribution in [0.2, 0.25) is 5.02 Å². The highest BCUT2D eigenvalue weighted by molar-refractivity contribution is 6.30. The fourth-order valence-electron chi connectivity index (χ4n) is 0.855. The van der Waals surface area contributed by atoms with E-state index >= 15 is 0 Å². The molecule has 0 atom stereocenters. The van der Waals surface area contributed by atoms with Gasteiger partial charge in [-0.05, 0) is 25.2 Å². The molecule has 0 radical (unpaired) electrons. The molecule has 0 fully saturated rings. The standard InChI is InChI=1S/C9H11ClFNO/c1-12-4-5-13-9-3-2-7(10)6-8(9)11/h2-3,6,12H,4-5H2,1H3. The van der Waals surface area contributed by atoms with E-state index in [4.69, 9.17) is 16.3 Å². The van der Waals surface area contributed by atoms with Crippen LogP contribution in [0.15, 0.2) is 18.2 Å². The Balaban J connectivity index is 2.56. The summed E-state index contributed by atoms with van der Waals surface area (Å²) in [5.74, 6) is -0.191. The Bertz CT molecular complexity index is 280. The van der Waals surface area contributed by atoms with E-state index in [1.165, 1.54) is 12.1 Å². The highest BCUT2D eigenvalue weighted by atomic mass is 35.5. The smallest absolute Gasteiger partial charge is 0.166 e. The van der Waals surface area contributed by atoms with Gasteiger partial charge in [0.25, 0.3) is 0 Å². The lowest BCUT2D eigenvalue weighted by molar-refractivity contribution is 0.302. The van der Waals surface area contributed by atoms with Crippen molar-refractivity contribution in [1.29, 1.82) is 0 Å². The van der Waals surface area contributed by atoms with E-state index < -0.39 is 5.82 Å². The van der Waals surface area contributed by atoms with Crippen LogP contribution < -0.4 is 10.1 Å². The number of likely N-dealkylation sites (N-methyl/N-ethyl adjacent to an activating group) is 1. The molecule has 0 saturated carbocycles. The van der Waals surface area contributed by atoms with Crippen LogP contribution >= 0.6 is 11.6 Å². The van der Waals surface area contributed by atoms with E-state index in [9.17, 15) is 4.39 Å². The normalized spacial score (nSPS) is 10.1. The Kier molecular flexibility index (Phi) is 3.99. The van der Waals surface area contributed by atoms with Gasteiger partial charge in [0.15, 0.2) is 11.6 Å². The maximum absolute atomic E-state index is 13.0. The number of halogens is 2. The van der Waals surface area contributed by atoms with Crippen molar-refractivity contribution in [1.82, 2.24) is 5.32 Å². The zero-order valence-corrected chi connectivity index (χ0v) is 8.07. The largest absolute Gasteiger partial charge is 0.489 e. The molecule has 0 bridgehead atoms. The molecular weight excluding hydrogens is 193 g/mol. The number of rotatable bonds is 4. The number of nitrogens with one attached hydrogen (secondary N) is 1. The van der Waals surface area contributed by atoms with Gasteiger partial charge in [0.1, 0.15) is 6.61 Å². The predicted molar refractivity (Wildman–Crippen MR) is 50.8 cm³/mol. The Morgan fingerprint density at radius 3 is 2.92 bits per heavy atom. The third kappa shape index (κ3) is 3.20. The summed E-state index contributed by atoms with van der Waals surface area (Å²) in [6.45, 7) is 1.12. The highest BCUT2D eigenvalue weighted by Gasteiger charge is 2.02. The van der Waals surface area contributed by atoms with E-state index in [-0.39, 0.29) is 5.75 Å². The minimum Gasteiger partial charge on any atom is -0.489 e. The third-order valence-corrected chi connectivity index (χ3v) is 1.74. The molecule has 0 aromatic heterocycles. The molecule has 2 nitrogen and oxygen atoms in total. The average Bonchev–Trinajstić information content (AvgIpc) is 2.09. The van der Waals surface area contributed by atoms with Crippen molar-refractivity contribution in [2.45, 2.75) is 0 Å². The third-order valence-electron chi connectivity index (χ3n) is 1.50. The van der Waals surface area contributed by atoms with Gasteiger partial charge >= 0.3 is 0 Å². The molecule has 0 amide bonds. The molecule has 0 unspecified atom stereocenters. The van der Waals surface area contributed by atoms with Crippen molar-refractivity contribution in [2.24, 2.45) is 0 Å². The van der Waals surface area contributed by atoms with Crippen molar-refractivity contribution in [3.8, 4) is 5.75 Å².